The summed E-state index contributed by atoms with van der Waals surface area (Å²) in [5.74, 6) is -0.808. The highest BCUT2D eigenvalue weighted by Gasteiger charge is 2.39. The summed E-state index contributed by atoms with van der Waals surface area (Å²) >= 11 is 0. The third-order valence-corrected chi connectivity index (χ3v) is 6.79. The number of nitrogens with zero attached hydrogens (tertiary/aromatic N) is 4. The molecule has 1 N–H and O–H groups in total. The molecule has 0 spiro atoms. The van der Waals surface area contributed by atoms with E-state index in [1.165, 1.54) is 22.8 Å². The number of amides is 4. The molecule has 0 aliphatic carbocycles. The number of carbonyl (C=O) groups is 4. The van der Waals surface area contributed by atoms with Gasteiger partial charge in [-0.1, -0.05) is 0 Å². The van der Waals surface area contributed by atoms with Gasteiger partial charge in [0.1, 0.15) is 23.6 Å². The van der Waals surface area contributed by atoms with Crippen LogP contribution in [0, 0.1) is 5.82 Å². The van der Waals surface area contributed by atoms with Crippen molar-refractivity contribution in [2.75, 3.05) is 55.6 Å². The summed E-state index contributed by atoms with van der Waals surface area (Å²) in [6, 6.07) is 4.04. The largest absolute Gasteiger partial charge is 0.444 e. The predicted molar refractivity (Wildman–Crippen MR) is 137 cm³/mol. The van der Waals surface area contributed by atoms with Gasteiger partial charge < -0.3 is 24.6 Å². The van der Waals surface area contributed by atoms with E-state index in [-0.39, 0.29) is 24.9 Å². The summed E-state index contributed by atoms with van der Waals surface area (Å²) in [5, 5.41) is 2.61. The molecule has 3 saturated heterocycles. The molecule has 1 aromatic rings. The van der Waals surface area contributed by atoms with Gasteiger partial charge >= 0.3 is 12.2 Å². The van der Waals surface area contributed by atoms with Crippen LogP contribution in [0.1, 0.15) is 40.5 Å². The van der Waals surface area contributed by atoms with Crippen molar-refractivity contribution in [1.29, 1.82) is 0 Å². The zero-order valence-electron chi connectivity index (χ0n) is 22.4. The van der Waals surface area contributed by atoms with Crippen LogP contribution < -0.4 is 15.1 Å². The minimum atomic E-state index is -0.637. The number of cyclic esters (lactones) is 1. The molecule has 3 heterocycles. The van der Waals surface area contributed by atoms with Crippen molar-refractivity contribution in [2.45, 2.75) is 58.3 Å². The lowest BCUT2D eigenvalue weighted by molar-refractivity contribution is -0.136. The molecule has 1 unspecified atom stereocenters. The summed E-state index contributed by atoms with van der Waals surface area (Å²) in [5.41, 5.74) is 0.125. The van der Waals surface area contributed by atoms with Crippen molar-refractivity contribution >= 4 is 35.4 Å². The third-order valence-electron chi connectivity index (χ3n) is 6.79. The second-order valence-corrected chi connectivity index (χ2v) is 10.8. The van der Waals surface area contributed by atoms with Crippen LogP contribution in [-0.4, -0.2) is 97.4 Å². The fourth-order valence-corrected chi connectivity index (χ4v) is 4.96. The van der Waals surface area contributed by atoms with Gasteiger partial charge in [-0.3, -0.25) is 19.4 Å². The van der Waals surface area contributed by atoms with Gasteiger partial charge in [-0.05, 0) is 51.8 Å². The van der Waals surface area contributed by atoms with E-state index in [1.54, 1.807) is 37.8 Å². The van der Waals surface area contributed by atoms with Crippen molar-refractivity contribution in [3.63, 3.8) is 0 Å². The molecule has 2 atom stereocenters. The minimum absolute atomic E-state index is 0.106. The van der Waals surface area contributed by atoms with Crippen LogP contribution in [0.15, 0.2) is 18.2 Å². The number of hydrogen-bond acceptors (Lipinski definition) is 7. The van der Waals surface area contributed by atoms with Crippen LogP contribution in [0.5, 0.6) is 0 Å². The zero-order chi connectivity index (χ0) is 27.6. The van der Waals surface area contributed by atoms with Gasteiger partial charge in [0.05, 0.1) is 24.5 Å². The Morgan fingerprint density at radius 1 is 1.13 bits per heavy atom. The Bertz CT molecular complexity index is 1080. The average Bonchev–Trinajstić information content (AvgIpc) is 3.48. The molecular weight excluding hydrogens is 497 g/mol. The van der Waals surface area contributed by atoms with Crippen LogP contribution in [-0.2, 0) is 19.1 Å². The number of rotatable bonds is 5. The highest BCUT2D eigenvalue weighted by Crippen LogP contribution is 2.29. The Morgan fingerprint density at radius 3 is 2.47 bits per heavy atom. The molecule has 12 heteroatoms. The molecule has 4 rings (SSSR count). The molecule has 1 aromatic carbocycles. The van der Waals surface area contributed by atoms with Crippen molar-refractivity contribution in [3.05, 3.63) is 24.0 Å². The van der Waals surface area contributed by atoms with Gasteiger partial charge in [-0.2, -0.15) is 0 Å². The number of ether oxygens (including phenoxy) is 2. The first-order valence-corrected chi connectivity index (χ1v) is 13.0. The van der Waals surface area contributed by atoms with E-state index >= 15 is 4.39 Å². The first-order chi connectivity index (χ1) is 17.9. The number of halogens is 1. The number of carbonyl (C=O) groups excluding carboxylic acids is 4. The van der Waals surface area contributed by atoms with Gasteiger partial charge in [-0.25, -0.2) is 14.0 Å². The maximum atomic E-state index is 15.1. The second kappa shape index (κ2) is 11.0. The van der Waals surface area contributed by atoms with Gasteiger partial charge in [0.15, 0.2) is 0 Å². The Hall–Kier alpha value is -3.57. The smallest absolute Gasteiger partial charge is 0.414 e. The van der Waals surface area contributed by atoms with Crippen molar-refractivity contribution in [2.24, 2.45) is 0 Å². The Balaban J connectivity index is 1.34. The van der Waals surface area contributed by atoms with Crippen LogP contribution >= 0.6 is 0 Å². The molecule has 3 aliphatic rings. The average molecular weight is 534 g/mol. The lowest BCUT2D eigenvalue weighted by atomic mass is 10.1. The van der Waals surface area contributed by atoms with E-state index < -0.39 is 35.8 Å². The van der Waals surface area contributed by atoms with Crippen molar-refractivity contribution in [3.8, 4) is 0 Å². The highest BCUT2D eigenvalue weighted by atomic mass is 19.1. The van der Waals surface area contributed by atoms with Crippen LogP contribution in [0.3, 0.4) is 0 Å². The van der Waals surface area contributed by atoms with Crippen LogP contribution in [0.25, 0.3) is 0 Å². The molecule has 0 aromatic heterocycles. The third kappa shape index (κ3) is 6.28. The fourth-order valence-electron chi connectivity index (χ4n) is 4.96. The lowest BCUT2D eigenvalue weighted by Gasteiger charge is -2.38. The monoisotopic (exact) mass is 533 g/mol. The first-order valence-electron chi connectivity index (χ1n) is 13.0. The number of benzene rings is 1. The molecular formula is C26H36FN5O6. The van der Waals surface area contributed by atoms with E-state index in [9.17, 15) is 19.2 Å². The van der Waals surface area contributed by atoms with Crippen LogP contribution in [0.4, 0.5) is 25.4 Å². The van der Waals surface area contributed by atoms with Gasteiger partial charge in [-0.15, -0.1) is 0 Å². The molecule has 11 nitrogen and oxygen atoms in total. The summed E-state index contributed by atoms with van der Waals surface area (Å²) in [7, 11) is 0. The number of anilines is 2. The number of piperazine rings is 1. The van der Waals surface area contributed by atoms with E-state index in [1.807, 2.05) is 4.90 Å². The minimum Gasteiger partial charge on any atom is -0.444 e. The van der Waals surface area contributed by atoms with Crippen molar-refractivity contribution < 1.29 is 33.0 Å². The van der Waals surface area contributed by atoms with Gasteiger partial charge in [0, 0.05) is 39.6 Å². The molecule has 0 saturated carbocycles. The Labute approximate surface area is 221 Å². The number of likely N-dealkylation sites (tertiary alicyclic amines) is 1. The summed E-state index contributed by atoms with van der Waals surface area (Å²) in [6.07, 6.45) is -0.236. The van der Waals surface area contributed by atoms with Crippen LogP contribution in [0.2, 0.25) is 0 Å². The Morgan fingerprint density at radius 2 is 1.84 bits per heavy atom. The maximum absolute atomic E-state index is 15.1. The molecule has 3 aliphatic heterocycles. The molecule has 4 amide bonds. The maximum Gasteiger partial charge on any atom is 0.414 e. The van der Waals surface area contributed by atoms with E-state index in [0.717, 1.165) is 6.42 Å². The molecule has 0 radical (unpaired) electrons. The van der Waals surface area contributed by atoms with Gasteiger partial charge in [0.25, 0.3) is 0 Å². The summed E-state index contributed by atoms with van der Waals surface area (Å²) in [4.78, 5) is 55.6. The quantitative estimate of drug-likeness (QED) is 0.618. The summed E-state index contributed by atoms with van der Waals surface area (Å²) < 4.78 is 25.9. The molecule has 0 bridgehead atoms. The second-order valence-electron chi connectivity index (χ2n) is 10.8. The van der Waals surface area contributed by atoms with E-state index in [2.05, 4.69) is 5.32 Å². The molecule has 3 fully saturated rings. The molecule has 208 valence electrons. The number of nitrogens with one attached hydrogen (secondary N) is 1. The molecule has 38 heavy (non-hydrogen) atoms. The Kier molecular flexibility index (Phi) is 7.98. The van der Waals surface area contributed by atoms with E-state index in [0.29, 0.717) is 50.5 Å². The van der Waals surface area contributed by atoms with Gasteiger partial charge in [0.2, 0.25) is 11.8 Å². The highest BCUT2D eigenvalue weighted by molar-refractivity contribution is 5.90. The predicted octanol–water partition coefficient (Wildman–Crippen LogP) is 2.34. The topological polar surface area (TPSA) is 112 Å². The fraction of sp³-hybridized carbons (Fsp3) is 0.615. The zero-order valence-corrected chi connectivity index (χ0v) is 22.4. The number of hydrogen-bond donors (Lipinski definition) is 1. The SMILES string of the molecule is CC(=O)NC[C@H]1CN(c2ccc(N3CCN(C(=O)C4CCCN4C(=O)OC(C)(C)C)CC3)c(F)c2)C(=O)O1. The normalized spacial score (nSPS) is 22.0. The first kappa shape index (κ1) is 27.5. The summed E-state index contributed by atoms with van der Waals surface area (Å²) in [6.45, 7) is 9.34. The lowest BCUT2D eigenvalue weighted by Crippen LogP contribution is -2.55. The standard InChI is InChI=1S/C26H36FN5O6/c1-17(33)28-15-19-16-32(24(35)37-19)18-7-8-21(20(27)14-18)29-10-12-30(13-11-29)23(34)22-6-5-9-31(22)25(36)38-26(2,3)4/h7-8,14,19,22H,5-6,9-13,15-16H2,1-4H3,(H,28,33)/t19-,22?/m0/s1. The van der Waals surface area contributed by atoms with Crippen molar-refractivity contribution in [1.82, 2.24) is 15.1 Å². The van der Waals surface area contributed by atoms with E-state index in [4.69, 9.17) is 9.47 Å².